The van der Waals surface area contributed by atoms with E-state index in [1.54, 1.807) is 0 Å². The van der Waals surface area contributed by atoms with Crippen LogP contribution in [-0.2, 0) is 6.42 Å². The Morgan fingerprint density at radius 3 is 2.62 bits per heavy atom. The second-order valence-corrected chi connectivity index (χ2v) is 5.99. The monoisotopic (exact) mass is 326 g/mol. The highest BCUT2D eigenvalue weighted by Crippen LogP contribution is 2.26. The van der Waals surface area contributed by atoms with Crippen LogP contribution in [0.5, 0.6) is 5.75 Å². The molecule has 0 atom stereocenters. The van der Waals surface area contributed by atoms with E-state index >= 15 is 0 Å². The van der Waals surface area contributed by atoms with Gasteiger partial charge in [-0.2, -0.15) is 0 Å². The fourth-order valence-electron chi connectivity index (χ4n) is 2.77. The van der Waals surface area contributed by atoms with Crippen LogP contribution in [0.15, 0.2) is 24.3 Å². The van der Waals surface area contributed by atoms with Crippen LogP contribution in [0.25, 0.3) is 0 Å². The minimum absolute atomic E-state index is 0.171. The molecule has 24 heavy (non-hydrogen) atoms. The number of aryl methyl sites for hydroxylation is 4. The Kier molecular flexibility index (Phi) is 5.96. The van der Waals surface area contributed by atoms with Crippen LogP contribution in [0.4, 0.5) is 5.69 Å². The van der Waals surface area contributed by atoms with E-state index in [0.29, 0.717) is 23.6 Å². The van der Waals surface area contributed by atoms with Crippen molar-refractivity contribution in [2.75, 3.05) is 11.9 Å². The minimum atomic E-state index is -0.171. The summed E-state index contributed by atoms with van der Waals surface area (Å²) in [6.07, 6.45) is 1.75. The van der Waals surface area contributed by atoms with Gasteiger partial charge in [0.2, 0.25) is 0 Å². The van der Waals surface area contributed by atoms with Crippen LogP contribution >= 0.6 is 0 Å². The molecule has 1 aromatic heterocycles. The zero-order chi connectivity index (χ0) is 17.7. The quantitative estimate of drug-likeness (QED) is 0.843. The summed E-state index contributed by atoms with van der Waals surface area (Å²) in [7, 11) is 0. The molecule has 1 amide bonds. The summed E-state index contributed by atoms with van der Waals surface area (Å²) in [5.41, 5.74) is 5.10. The zero-order valence-corrected chi connectivity index (χ0v) is 15.2. The lowest BCUT2D eigenvalue weighted by Gasteiger charge is -2.17. The molecule has 4 nitrogen and oxygen atoms in total. The SMILES string of the molecule is CCCOc1cc(C)nc(C)c1C(=O)Nc1c(C)cccc1CC. The molecule has 0 aliphatic carbocycles. The smallest absolute Gasteiger partial charge is 0.261 e. The van der Waals surface area contributed by atoms with Gasteiger partial charge in [-0.05, 0) is 44.7 Å². The second-order valence-electron chi connectivity index (χ2n) is 5.99. The molecule has 128 valence electrons. The van der Waals surface area contributed by atoms with Crippen molar-refractivity contribution in [1.29, 1.82) is 0 Å². The van der Waals surface area contributed by atoms with Gasteiger partial charge in [-0.1, -0.05) is 32.0 Å². The summed E-state index contributed by atoms with van der Waals surface area (Å²) >= 11 is 0. The number of rotatable bonds is 6. The number of benzene rings is 1. The van der Waals surface area contributed by atoms with Crippen LogP contribution in [0.3, 0.4) is 0 Å². The number of aromatic nitrogens is 1. The summed E-state index contributed by atoms with van der Waals surface area (Å²) in [4.78, 5) is 17.3. The van der Waals surface area contributed by atoms with Crippen LogP contribution in [0.1, 0.15) is 53.1 Å². The number of nitrogens with zero attached hydrogens (tertiary/aromatic N) is 1. The molecule has 1 heterocycles. The Labute approximate surface area is 144 Å². The van der Waals surface area contributed by atoms with Crippen LogP contribution in [0, 0.1) is 20.8 Å². The first-order chi connectivity index (χ1) is 11.5. The first-order valence-electron chi connectivity index (χ1n) is 8.48. The second kappa shape index (κ2) is 7.95. The zero-order valence-electron chi connectivity index (χ0n) is 15.2. The molecule has 4 heteroatoms. The molecule has 0 radical (unpaired) electrons. The van der Waals surface area contributed by atoms with Gasteiger partial charge in [-0.3, -0.25) is 9.78 Å². The highest BCUT2D eigenvalue weighted by molar-refractivity contribution is 6.07. The van der Waals surface area contributed by atoms with E-state index in [1.165, 1.54) is 0 Å². The standard InChI is InChI=1S/C20H26N2O2/c1-6-11-24-17-12-14(4)21-15(5)18(17)20(23)22-19-13(3)9-8-10-16(19)7-2/h8-10,12H,6-7,11H2,1-5H3,(H,22,23). The van der Waals surface area contributed by atoms with E-state index in [0.717, 1.165) is 35.3 Å². The van der Waals surface area contributed by atoms with Crippen molar-refractivity contribution >= 4 is 11.6 Å². The van der Waals surface area contributed by atoms with E-state index in [2.05, 4.69) is 17.2 Å². The minimum Gasteiger partial charge on any atom is -0.493 e. The summed E-state index contributed by atoms with van der Waals surface area (Å²) in [5.74, 6) is 0.432. The van der Waals surface area contributed by atoms with Crippen molar-refractivity contribution in [2.45, 2.75) is 47.5 Å². The van der Waals surface area contributed by atoms with Gasteiger partial charge >= 0.3 is 0 Å². The number of para-hydroxylation sites is 1. The van der Waals surface area contributed by atoms with E-state index in [-0.39, 0.29) is 5.91 Å². The Morgan fingerprint density at radius 1 is 1.21 bits per heavy atom. The van der Waals surface area contributed by atoms with Gasteiger partial charge < -0.3 is 10.1 Å². The number of hydrogen-bond donors (Lipinski definition) is 1. The number of amides is 1. The van der Waals surface area contributed by atoms with Gasteiger partial charge in [0.25, 0.3) is 5.91 Å². The third kappa shape index (κ3) is 3.94. The Morgan fingerprint density at radius 2 is 1.96 bits per heavy atom. The molecular weight excluding hydrogens is 300 g/mol. The van der Waals surface area contributed by atoms with Gasteiger partial charge in [0.15, 0.2) is 0 Å². The van der Waals surface area contributed by atoms with Gasteiger partial charge in [0, 0.05) is 17.4 Å². The number of carbonyl (C=O) groups excluding carboxylic acids is 1. The predicted molar refractivity (Wildman–Crippen MR) is 98.0 cm³/mol. The molecule has 1 aromatic carbocycles. The largest absolute Gasteiger partial charge is 0.493 e. The molecule has 0 saturated carbocycles. The molecular formula is C20H26N2O2. The van der Waals surface area contributed by atoms with Crippen molar-refractivity contribution in [3.8, 4) is 5.75 Å². The van der Waals surface area contributed by atoms with Crippen LogP contribution in [-0.4, -0.2) is 17.5 Å². The van der Waals surface area contributed by atoms with Crippen molar-refractivity contribution in [3.63, 3.8) is 0 Å². The average molecular weight is 326 g/mol. The third-order valence-electron chi connectivity index (χ3n) is 3.96. The molecule has 2 rings (SSSR count). The van der Waals surface area contributed by atoms with Gasteiger partial charge in [-0.15, -0.1) is 0 Å². The van der Waals surface area contributed by atoms with E-state index in [4.69, 9.17) is 4.74 Å². The summed E-state index contributed by atoms with van der Waals surface area (Å²) in [6.45, 7) is 10.5. The van der Waals surface area contributed by atoms with E-state index < -0.39 is 0 Å². The van der Waals surface area contributed by atoms with Crippen LogP contribution in [0.2, 0.25) is 0 Å². The number of hydrogen-bond acceptors (Lipinski definition) is 3. The lowest BCUT2D eigenvalue weighted by molar-refractivity contribution is 0.102. The Hall–Kier alpha value is -2.36. The number of nitrogens with one attached hydrogen (secondary N) is 1. The fourth-order valence-corrected chi connectivity index (χ4v) is 2.77. The molecule has 0 bridgehead atoms. The molecule has 0 spiro atoms. The summed E-state index contributed by atoms with van der Waals surface area (Å²) in [6, 6.07) is 7.88. The Bertz CT molecular complexity index is 739. The average Bonchev–Trinajstić information content (AvgIpc) is 2.54. The number of ether oxygens (including phenoxy) is 1. The van der Waals surface area contributed by atoms with Crippen molar-refractivity contribution < 1.29 is 9.53 Å². The van der Waals surface area contributed by atoms with Gasteiger partial charge in [0.05, 0.1) is 12.3 Å². The van der Waals surface area contributed by atoms with Crippen molar-refractivity contribution in [1.82, 2.24) is 4.98 Å². The van der Waals surface area contributed by atoms with Gasteiger partial charge in [0.1, 0.15) is 11.3 Å². The number of pyridine rings is 1. The number of carbonyl (C=O) groups is 1. The molecule has 0 aliphatic rings. The van der Waals surface area contributed by atoms with Gasteiger partial charge in [-0.25, -0.2) is 0 Å². The maximum atomic E-state index is 12.9. The van der Waals surface area contributed by atoms with Crippen molar-refractivity contribution in [2.24, 2.45) is 0 Å². The predicted octanol–water partition coefficient (Wildman–Crippen LogP) is 4.61. The summed E-state index contributed by atoms with van der Waals surface area (Å²) < 4.78 is 5.79. The maximum Gasteiger partial charge on any atom is 0.261 e. The molecule has 0 unspecified atom stereocenters. The van der Waals surface area contributed by atoms with E-state index in [9.17, 15) is 4.79 Å². The highest BCUT2D eigenvalue weighted by Gasteiger charge is 2.19. The van der Waals surface area contributed by atoms with E-state index in [1.807, 2.05) is 52.0 Å². The van der Waals surface area contributed by atoms with Crippen molar-refractivity contribution in [3.05, 3.63) is 52.3 Å². The third-order valence-corrected chi connectivity index (χ3v) is 3.96. The molecule has 0 saturated heterocycles. The molecule has 2 aromatic rings. The number of anilines is 1. The topological polar surface area (TPSA) is 51.2 Å². The lowest BCUT2D eigenvalue weighted by atomic mass is 10.0. The van der Waals surface area contributed by atoms with Crippen LogP contribution < -0.4 is 10.1 Å². The summed E-state index contributed by atoms with van der Waals surface area (Å²) in [5, 5.41) is 3.06. The first kappa shape index (κ1) is 18.0. The lowest BCUT2D eigenvalue weighted by Crippen LogP contribution is -2.18. The Balaban J connectivity index is 2.40. The molecule has 0 fully saturated rings. The first-order valence-corrected chi connectivity index (χ1v) is 8.48. The molecule has 1 N–H and O–H groups in total. The fraction of sp³-hybridized carbons (Fsp3) is 0.400. The highest BCUT2D eigenvalue weighted by atomic mass is 16.5. The maximum absolute atomic E-state index is 12.9. The normalized spacial score (nSPS) is 10.5. The molecule has 0 aliphatic heterocycles.